The second-order valence-electron chi connectivity index (χ2n) is 5.71. The van der Waals surface area contributed by atoms with Crippen molar-refractivity contribution in [2.24, 2.45) is 0 Å². The molecule has 122 valence electrons. The van der Waals surface area contributed by atoms with Crippen LogP contribution in [0.5, 0.6) is 5.75 Å². The van der Waals surface area contributed by atoms with Gasteiger partial charge in [0.1, 0.15) is 5.75 Å². The summed E-state index contributed by atoms with van der Waals surface area (Å²) in [5.41, 5.74) is 4.23. The second-order valence-corrected chi connectivity index (χ2v) is 5.71. The fourth-order valence-corrected chi connectivity index (χ4v) is 2.49. The smallest absolute Gasteiger partial charge is 0.265 e. The van der Waals surface area contributed by atoms with E-state index < -0.39 is 6.10 Å². The number of hydrogen-bond acceptors (Lipinski definition) is 2. The quantitative estimate of drug-likeness (QED) is 0.842. The minimum atomic E-state index is -0.500. The lowest BCUT2D eigenvalue weighted by Gasteiger charge is -2.20. The molecule has 0 aromatic heterocycles. The Balaban J connectivity index is 2.14. The van der Waals surface area contributed by atoms with Gasteiger partial charge in [0.25, 0.3) is 5.91 Å². The molecule has 0 unspecified atom stereocenters. The fourth-order valence-electron chi connectivity index (χ4n) is 2.49. The molecule has 0 aliphatic carbocycles. The topological polar surface area (TPSA) is 38.3 Å². The molecular formula is C20H25NO2. The van der Waals surface area contributed by atoms with Crippen LogP contribution in [0.25, 0.3) is 0 Å². The first kappa shape index (κ1) is 17.1. The van der Waals surface area contributed by atoms with Crippen LogP contribution < -0.4 is 10.1 Å². The minimum absolute atomic E-state index is 0.102. The lowest BCUT2D eigenvalue weighted by molar-refractivity contribution is -0.122. The Labute approximate surface area is 138 Å². The fraction of sp³-hybridized carbons (Fsp3) is 0.350. The maximum Gasteiger partial charge on any atom is 0.265 e. The van der Waals surface area contributed by atoms with Crippen LogP contribution in [0.15, 0.2) is 42.5 Å². The molecule has 1 atom stereocenters. The molecule has 1 N–H and O–H groups in total. The third kappa shape index (κ3) is 4.13. The first-order chi connectivity index (χ1) is 11.1. The minimum Gasteiger partial charge on any atom is -0.480 e. The standard InChI is InChI=1S/C20H25NO2/c1-5-16-11-7-8-12-17(16)21-20(22)18(6-2)23-19-13-9-10-14(3)15(19)4/h7-13,18H,5-6H2,1-4H3,(H,21,22)/t18-/m0/s1. The van der Waals surface area contributed by atoms with E-state index in [0.717, 1.165) is 34.5 Å². The zero-order chi connectivity index (χ0) is 16.8. The van der Waals surface area contributed by atoms with Gasteiger partial charge in [0, 0.05) is 5.69 Å². The highest BCUT2D eigenvalue weighted by Crippen LogP contribution is 2.23. The van der Waals surface area contributed by atoms with Gasteiger partial charge in [-0.05, 0) is 55.5 Å². The van der Waals surface area contributed by atoms with Gasteiger partial charge in [-0.15, -0.1) is 0 Å². The zero-order valence-electron chi connectivity index (χ0n) is 14.3. The Bertz CT molecular complexity index is 679. The highest BCUT2D eigenvalue weighted by molar-refractivity contribution is 5.95. The molecule has 0 radical (unpaired) electrons. The van der Waals surface area contributed by atoms with Crippen LogP contribution >= 0.6 is 0 Å². The van der Waals surface area contributed by atoms with Gasteiger partial charge in [-0.25, -0.2) is 0 Å². The van der Waals surface area contributed by atoms with E-state index in [1.807, 2.05) is 63.2 Å². The van der Waals surface area contributed by atoms with E-state index in [1.54, 1.807) is 0 Å². The number of benzene rings is 2. The lowest BCUT2D eigenvalue weighted by Crippen LogP contribution is -2.32. The molecule has 1 amide bonds. The van der Waals surface area contributed by atoms with Crippen molar-refractivity contribution in [1.29, 1.82) is 0 Å². The molecule has 3 heteroatoms. The number of ether oxygens (including phenoxy) is 1. The number of aryl methyl sites for hydroxylation is 2. The first-order valence-electron chi connectivity index (χ1n) is 8.18. The monoisotopic (exact) mass is 311 g/mol. The number of hydrogen-bond donors (Lipinski definition) is 1. The van der Waals surface area contributed by atoms with Crippen molar-refractivity contribution >= 4 is 11.6 Å². The summed E-state index contributed by atoms with van der Waals surface area (Å²) in [5, 5.41) is 3.00. The molecule has 0 heterocycles. The van der Waals surface area contributed by atoms with Crippen molar-refractivity contribution in [3.8, 4) is 5.75 Å². The molecule has 2 rings (SSSR count). The summed E-state index contributed by atoms with van der Waals surface area (Å²) in [6.07, 6.45) is 0.999. The summed E-state index contributed by atoms with van der Waals surface area (Å²) < 4.78 is 5.97. The molecule has 0 aliphatic heterocycles. The van der Waals surface area contributed by atoms with Crippen LogP contribution in [0.3, 0.4) is 0 Å². The molecule has 2 aromatic rings. The molecule has 0 fully saturated rings. The average Bonchev–Trinajstić information content (AvgIpc) is 2.56. The van der Waals surface area contributed by atoms with Crippen LogP contribution in [0.2, 0.25) is 0 Å². The van der Waals surface area contributed by atoms with Crippen molar-refractivity contribution < 1.29 is 9.53 Å². The first-order valence-corrected chi connectivity index (χ1v) is 8.18. The van der Waals surface area contributed by atoms with Crippen molar-refractivity contribution in [1.82, 2.24) is 0 Å². The van der Waals surface area contributed by atoms with Crippen molar-refractivity contribution in [3.05, 3.63) is 59.2 Å². The SMILES string of the molecule is CCc1ccccc1NC(=O)[C@H](CC)Oc1cccc(C)c1C. The van der Waals surface area contributed by atoms with E-state index in [4.69, 9.17) is 4.74 Å². The second kappa shape index (κ2) is 7.82. The van der Waals surface area contributed by atoms with Crippen molar-refractivity contribution in [2.75, 3.05) is 5.32 Å². The molecule has 3 nitrogen and oxygen atoms in total. The Hall–Kier alpha value is -2.29. The summed E-state index contributed by atoms with van der Waals surface area (Å²) in [4.78, 5) is 12.6. The van der Waals surface area contributed by atoms with Crippen molar-refractivity contribution in [3.63, 3.8) is 0 Å². The molecule has 23 heavy (non-hydrogen) atoms. The van der Waals surface area contributed by atoms with Crippen molar-refractivity contribution in [2.45, 2.75) is 46.6 Å². The molecule has 0 spiro atoms. The van der Waals surface area contributed by atoms with E-state index in [2.05, 4.69) is 12.2 Å². The van der Waals surface area contributed by atoms with E-state index in [0.29, 0.717) is 6.42 Å². The Morgan fingerprint density at radius 3 is 2.52 bits per heavy atom. The summed E-state index contributed by atoms with van der Waals surface area (Å²) in [6.45, 7) is 8.10. The molecule has 0 aliphatic rings. The number of carbonyl (C=O) groups is 1. The van der Waals surface area contributed by atoms with Gasteiger partial charge in [-0.1, -0.05) is 44.2 Å². The summed E-state index contributed by atoms with van der Waals surface area (Å²) in [6, 6.07) is 13.8. The van der Waals surface area contributed by atoms with Crippen LogP contribution in [-0.2, 0) is 11.2 Å². The van der Waals surface area contributed by atoms with Crippen LogP contribution in [0.4, 0.5) is 5.69 Å². The van der Waals surface area contributed by atoms with E-state index in [-0.39, 0.29) is 5.91 Å². The molecule has 2 aromatic carbocycles. The molecule has 0 saturated heterocycles. The maximum atomic E-state index is 12.6. The number of carbonyl (C=O) groups excluding carboxylic acids is 1. The van der Waals surface area contributed by atoms with Gasteiger partial charge in [-0.3, -0.25) is 4.79 Å². The zero-order valence-corrected chi connectivity index (χ0v) is 14.3. The third-order valence-corrected chi connectivity index (χ3v) is 4.14. The largest absolute Gasteiger partial charge is 0.480 e. The predicted octanol–water partition coefficient (Wildman–Crippen LogP) is 4.66. The average molecular weight is 311 g/mol. The van der Waals surface area contributed by atoms with E-state index in [9.17, 15) is 4.79 Å². The van der Waals surface area contributed by atoms with Gasteiger partial charge in [0.05, 0.1) is 0 Å². The highest BCUT2D eigenvalue weighted by atomic mass is 16.5. The molecule has 0 bridgehead atoms. The number of para-hydroxylation sites is 1. The van der Waals surface area contributed by atoms with Crippen LogP contribution in [0.1, 0.15) is 37.0 Å². The van der Waals surface area contributed by atoms with E-state index in [1.165, 1.54) is 0 Å². The normalized spacial score (nSPS) is 11.8. The Morgan fingerprint density at radius 2 is 1.83 bits per heavy atom. The third-order valence-electron chi connectivity index (χ3n) is 4.14. The summed E-state index contributed by atoms with van der Waals surface area (Å²) >= 11 is 0. The summed E-state index contributed by atoms with van der Waals surface area (Å²) in [7, 11) is 0. The molecule has 0 saturated carbocycles. The van der Waals surface area contributed by atoms with Gasteiger partial charge in [0.2, 0.25) is 0 Å². The number of nitrogens with one attached hydrogen (secondary N) is 1. The summed E-state index contributed by atoms with van der Waals surface area (Å²) in [5.74, 6) is 0.671. The molecular weight excluding hydrogens is 286 g/mol. The predicted molar refractivity (Wildman–Crippen MR) is 95.1 cm³/mol. The number of rotatable bonds is 6. The highest BCUT2D eigenvalue weighted by Gasteiger charge is 2.20. The van der Waals surface area contributed by atoms with Gasteiger partial charge < -0.3 is 10.1 Å². The Morgan fingerprint density at radius 1 is 1.09 bits per heavy atom. The van der Waals surface area contributed by atoms with Crippen LogP contribution in [0, 0.1) is 13.8 Å². The Kier molecular flexibility index (Phi) is 5.80. The van der Waals surface area contributed by atoms with Crippen LogP contribution in [-0.4, -0.2) is 12.0 Å². The van der Waals surface area contributed by atoms with Gasteiger partial charge in [-0.2, -0.15) is 0 Å². The van der Waals surface area contributed by atoms with Gasteiger partial charge in [0.15, 0.2) is 6.10 Å². The number of anilines is 1. The maximum absolute atomic E-state index is 12.6. The van der Waals surface area contributed by atoms with E-state index >= 15 is 0 Å². The van der Waals surface area contributed by atoms with Gasteiger partial charge >= 0.3 is 0 Å². The lowest BCUT2D eigenvalue weighted by atomic mass is 10.1. The number of amides is 1.